The van der Waals surface area contributed by atoms with Crippen molar-refractivity contribution >= 4 is 0 Å². The van der Waals surface area contributed by atoms with Crippen LogP contribution in [0, 0.1) is 0 Å². The molecule has 0 fully saturated rings. The average molecular weight is 175 g/mol. The molecule has 0 aliphatic carbocycles. The van der Waals surface area contributed by atoms with Gasteiger partial charge >= 0.3 is 0 Å². The van der Waals surface area contributed by atoms with Gasteiger partial charge < -0.3 is 10.1 Å². The van der Waals surface area contributed by atoms with E-state index >= 15 is 0 Å². The van der Waals surface area contributed by atoms with E-state index in [4.69, 9.17) is 4.74 Å². The first-order chi connectivity index (χ1) is 5.70. The maximum absolute atomic E-state index is 4.98. The topological polar surface area (TPSA) is 27.7 Å². The molecule has 4 nitrogen and oxygen atoms in total. The third kappa shape index (κ3) is 6.54. The number of hydrogen-bond acceptors (Lipinski definition) is 4. The van der Waals surface area contributed by atoms with Crippen LogP contribution in [-0.2, 0) is 4.74 Å². The highest BCUT2D eigenvalue weighted by Crippen LogP contribution is 1.85. The van der Waals surface area contributed by atoms with E-state index < -0.39 is 0 Å². The maximum Gasteiger partial charge on any atom is 0.0590 e. The number of ether oxygens (including phenoxy) is 1. The molecule has 0 aromatic carbocycles. The predicted octanol–water partition coefficient (Wildman–Crippen LogP) is -0.369. The Morgan fingerprint density at radius 3 is 2.42 bits per heavy atom. The van der Waals surface area contributed by atoms with Gasteiger partial charge in [-0.3, -0.25) is 9.80 Å². The van der Waals surface area contributed by atoms with Gasteiger partial charge in [-0.2, -0.15) is 0 Å². The molecule has 0 rings (SSSR count). The Labute approximate surface area is 75.5 Å². The molecule has 0 spiro atoms. The fourth-order valence-corrected chi connectivity index (χ4v) is 1.05. The van der Waals surface area contributed by atoms with E-state index in [9.17, 15) is 0 Å². The monoisotopic (exact) mass is 175 g/mol. The summed E-state index contributed by atoms with van der Waals surface area (Å²) in [5.74, 6) is 0. The van der Waals surface area contributed by atoms with Crippen LogP contribution >= 0.6 is 0 Å². The lowest BCUT2D eigenvalue weighted by Gasteiger charge is -2.23. The van der Waals surface area contributed by atoms with Crippen LogP contribution < -0.4 is 5.32 Å². The fourth-order valence-electron chi connectivity index (χ4n) is 1.05. The molecular weight excluding hydrogens is 154 g/mol. The minimum atomic E-state index is 0.796. The molecule has 1 N–H and O–H groups in total. The Balaban J connectivity index is 3.33. The van der Waals surface area contributed by atoms with Gasteiger partial charge in [0.25, 0.3) is 0 Å². The van der Waals surface area contributed by atoms with Crippen molar-refractivity contribution in [3.63, 3.8) is 0 Å². The van der Waals surface area contributed by atoms with Crippen LogP contribution in [0.1, 0.15) is 0 Å². The Morgan fingerprint density at radius 1 is 1.25 bits per heavy atom. The van der Waals surface area contributed by atoms with Crippen molar-refractivity contribution in [3.05, 3.63) is 0 Å². The summed E-state index contributed by atoms with van der Waals surface area (Å²) in [7, 11) is 7.85. The van der Waals surface area contributed by atoms with E-state index in [2.05, 4.69) is 29.2 Å². The van der Waals surface area contributed by atoms with E-state index in [0.717, 1.165) is 26.5 Å². The predicted molar refractivity (Wildman–Crippen MR) is 51.1 cm³/mol. The minimum absolute atomic E-state index is 0.796. The van der Waals surface area contributed by atoms with Gasteiger partial charge in [0.1, 0.15) is 0 Å². The molecule has 0 aromatic heterocycles. The first-order valence-corrected chi connectivity index (χ1v) is 4.21. The molecule has 0 bridgehead atoms. The van der Waals surface area contributed by atoms with Crippen LogP contribution in [0.15, 0.2) is 0 Å². The second-order valence-corrected chi connectivity index (χ2v) is 3.08. The second-order valence-electron chi connectivity index (χ2n) is 3.08. The zero-order chi connectivity index (χ0) is 9.40. The van der Waals surface area contributed by atoms with Crippen molar-refractivity contribution in [2.45, 2.75) is 0 Å². The molecular formula is C8H21N3O. The number of hydrogen-bond donors (Lipinski definition) is 1. The van der Waals surface area contributed by atoms with Gasteiger partial charge in [0.05, 0.1) is 13.3 Å². The summed E-state index contributed by atoms with van der Waals surface area (Å²) in [6, 6.07) is 0. The molecule has 0 aliphatic rings. The lowest BCUT2D eigenvalue weighted by Crippen LogP contribution is -2.38. The zero-order valence-electron chi connectivity index (χ0n) is 8.63. The number of nitrogens with one attached hydrogen (secondary N) is 1. The normalized spacial score (nSPS) is 11.5. The van der Waals surface area contributed by atoms with E-state index in [0.29, 0.717) is 0 Å². The van der Waals surface area contributed by atoms with Gasteiger partial charge in [-0.1, -0.05) is 0 Å². The van der Waals surface area contributed by atoms with Crippen molar-refractivity contribution in [3.8, 4) is 0 Å². The van der Waals surface area contributed by atoms with Crippen molar-refractivity contribution in [2.24, 2.45) is 0 Å². The van der Waals surface area contributed by atoms with Crippen LogP contribution in [0.2, 0.25) is 0 Å². The Morgan fingerprint density at radius 2 is 1.92 bits per heavy atom. The molecule has 0 saturated carbocycles. The Kier molecular flexibility index (Phi) is 7.39. The summed E-state index contributed by atoms with van der Waals surface area (Å²) in [5.41, 5.74) is 0. The van der Waals surface area contributed by atoms with Gasteiger partial charge in [-0.25, -0.2) is 0 Å². The van der Waals surface area contributed by atoms with Crippen LogP contribution in [0.4, 0.5) is 0 Å². The lowest BCUT2D eigenvalue weighted by molar-refractivity contribution is 0.122. The van der Waals surface area contributed by atoms with Crippen LogP contribution in [0.3, 0.4) is 0 Å². The summed E-state index contributed by atoms with van der Waals surface area (Å²) in [6.07, 6.45) is 0. The van der Waals surface area contributed by atoms with Crippen molar-refractivity contribution in [2.75, 3.05) is 54.7 Å². The fraction of sp³-hybridized carbons (Fsp3) is 1.00. The standard InChI is InChI=1S/C8H21N3O/c1-9-7-11(3)8-10(2)5-6-12-4/h9H,5-8H2,1-4H3. The lowest BCUT2D eigenvalue weighted by atomic mass is 10.6. The van der Waals surface area contributed by atoms with Gasteiger partial charge in [0.2, 0.25) is 0 Å². The number of nitrogens with zero attached hydrogens (tertiary/aromatic N) is 2. The summed E-state index contributed by atoms with van der Waals surface area (Å²) < 4.78 is 4.98. The van der Waals surface area contributed by atoms with Gasteiger partial charge in [0.15, 0.2) is 0 Å². The SMILES string of the molecule is CNCN(C)CN(C)CCOC. The molecule has 0 heterocycles. The van der Waals surface area contributed by atoms with Crippen LogP contribution in [-0.4, -0.2) is 64.5 Å². The molecule has 0 atom stereocenters. The molecule has 4 heteroatoms. The van der Waals surface area contributed by atoms with Crippen LogP contribution in [0.5, 0.6) is 0 Å². The van der Waals surface area contributed by atoms with E-state index in [1.54, 1.807) is 7.11 Å². The third-order valence-corrected chi connectivity index (χ3v) is 1.59. The quantitative estimate of drug-likeness (QED) is 0.534. The molecule has 0 aliphatic heterocycles. The number of methoxy groups -OCH3 is 1. The first-order valence-electron chi connectivity index (χ1n) is 4.21. The Bertz CT molecular complexity index is 100. The molecule has 0 amide bonds. The van der Waals surface area contributed by atoms with Crippen molar-refractivity contribution in [1.29, 1.82) is 0 Å². The van der Waals surface area contributed by atoms with E-state index in [1.807, 2.05) is 7.05 Å². The summed E-state index contributed by atoms with van der Waals surface area (Å²) in [6.45, 7) is 3.65. The second kappa shape index (κ2) is 7.49. The molecule has 12 heavy (non-hydrogen) atoms. The molecule has 0 aromatic rings. The Hall–Kier alpha value is -0.160. The summed E-state index contributed by atoms with van der Waals surface area (Å²) in [5, 5.41) is 3.10. The molecule has 0 radical (unpaired) electrons. The number of rotatable bonds is 7. The average Bonchev–Trinajstić information content (AvgIpc) is 2.01. The maximum atomic E-state index is 4.98. The van der Waals surface area contributed by atoms with E-state index in [-0.39, 0.29) is 0 Å². The van der Waals surface area contributed by atoms with Gasteiger partial charge in [-0.15, -0.1) is 0 Å². The highest BCUT2D eigenvalue weighted by atomic mass is 16.5. The van der Waals surface area contributed by atoms with Gasteiger partial charge in [-0.05, 0) is 21.1 Å². The van der Waals surface area contributed by atoms with Crippen molar-refractivity contribution < 1.29 is 4.74 Å². The third-order valence-electron chi connectivity index (χ3n) is 1.59. The smallest absolute Gasteiger partial charge is 0.0590 e. The van der Waals surface area contributed by atoms with Gasteiger partial charge in [0, 0.05) is 20.3 Å². The van der Waals surface area contributed by atoms with Crippen molar-refractivity contribution in [1.82, 2.24) is 15.1 Å². The number of likely N-dealkylation sites (N-methyl/N-ethyl adjacent to an activating group) is 1. The first kappa shape index (κ1) is 11.8. The molecule has 74 valence electrons. The largest absolute Gasteiger partial charge is 0.383 e. The summed E-state index contributed by atoms with van der Waals surface area (Å²) in [4.78, 5) is 4.43. The molecule has 0 saturated heterocycles. The highest BCUT2D eigenvalue weighted by molar-refractivity contribution is 4.50. The van der Waals surface area contributed by atoms with Crippen LogP contribution in [0.25, 0.3) is 0 Å². The summed E-state index contributed by atoms with van der Waals surface area (Å²) >= 11 is 0. The molecule has 0 unspecified atom stereocenters. The minimum Gasteiger partial charge on any atom is -0.383 e. The zero-order valence-corrected chi connectivity index (χ0v) is 8.63. The highest BCUT2D eigenvalue weighted by Gasteiger charge is 2.00. The van der Waals surface area contributed by atoms with E-state index in [1.165, 1.54) is 0 Å².